The number of hydrogen-bond acceptors (Lipinski definition) is 4. The number of amides is 2. The van der Waals surface area contributed by atoms with E-state index in [4.69, 9.17) is 11.6 Å². The minimum atomic E-state index is -0.381. The Morgan fingerprint density at radius 2 is 1.81 bits per heavy atom. The topological polar surface area (TPSA) is 84.0 Å². The average Bonchev–Trinajstić information content (AvgIpc) is 2.67. The minimum absolute atomic E-state index is 0.152. The predicted molar refractivity (Wildman–Crippen MR) is 99.0 cm³/mol. The molecule has 2 aromatic heterocycles. The van der Waals surface area contributed by atoms with Gasteiger partial charge < -0.3 is 10.6 Å². The van der Waals surface area contributed by atoms with E-state index in [1.54, 1.807) is 36.5 Å². The minimum Gasteiger partial charge on any atom is -0.345 e. The Morgan fingerprint density at radius 3 is 2.58 bits per heavy atom. The Bertz CT molecular complexity index is 932. The first-order chi connectivity index (χ1) is 12.6. The molecule has 0 unspecified atom stereocenters. The number of halogens is 1. The number of benzene rings is 1. The van der Waals surface area contributed by atoms with Gasteiger partial charge in [0.05, 0.1) is 12.2 Å². The Hall–Kier alpha value is -3.25. The molecule has 0 atom stereocenters. The highest BCUT2D eigenvalue weighted by molar-refractivity contribution is 6.31. The Balaban J connectivity index is 1.67. The zero-order valence-corrected chi connectivity index (χ0v) is 14.4. The molecule has 130 valence electrons. The van der Waals surface area contributed by atoms with E-state index in [2.05, 4.69) is 20.6 Å². The lowest BCUT2D eigenvalue weighted by Gasteiger charge is -2.07. The first kappa shape index (κ1) is 17.6. The second-order valence-corrected chi connectivity index (χ2v) is 5.83. The van der Waals surface area contributed by atoms with Gasteiger partial charge in [0, 0.05) is 28.7 Å². The summed E-state index contributed by atoms with van der Waals surface area (Å²) < 4.78 is 0. The molecule has 0 aliphatic heterocycles. The fraction of sp³-hybridized carbons (Fsp3) is 0.0526. The van der Waals surface area contributed by atoms with Crippen molar-refractivity contribution in [3.8, 4) is 0 Å². The summed E-state index contributed by atoms with van der Waals surface area (Å²) in [5, 5.41) is 5.98. The van der Waals surface area contributed by atoms with Crippen LogP contribution in [0.25, 0.3) is 0 Å². The van der Waals surface area contributed by atoms with E-state index >= 15 is 0 Å². The zero-order chi connectivity index (χ0) is 18.4. The highest BCUT2D eigenvalue weighted by Crippen LogP contribution is 2.16. The Labute approximate surface area is 155 Å². The molecule has 0 aliphatic rings. The van der Waals surface area contributed by atoms with Gasteiger partial charge in [-0.05, 0) is 42.5 Å². The van der Waals surface area contributed by atoms with Crippen LogP contribution in [0.2, 0.25) is 5.02 Å². The van der Waals surface area contributed by atoms with Crippen LogP contribution in [0.5, 0.6) is 0 Å². The van der Waals surface area contributed by atoms with Crippen LogP contribution >= 0.6 is 11.6 Å². The second kappa shape index (κ2) is 8.22. The molecule has 2 heterocycles. The number of anilines is 1. The number of carbonyl (C=O) groups excluding carboxylic acids is 2. The summed E-state index contributed by atoms with van der Waals surface area (Å²) >= 11 is 5.91. The normalized spacial score (nSPS) is 10.2. The SMILES string of the molecule is O=C(Nc1cccc(Cl)c1)c1ccnc(C(=O)NCc2ccccn2)c1. The number of aromatic nitrogens is 2. The summed E-state index contributed by atoms with van der Waals surface area (Å²) in [7, 11) is 0. The summed E-state index contributed by atoms with van der Waals surface area (Å²) in [4.78, 5) is 32.8. The molecular weight excluding hydrogens is 352 g/mol. The summed E-state index contributed by atoms with van der Waals surface area (Å²) in [6.07, 6.45) is 3.07. The molecule has 0 saturated carbocycles. The first-order valence-electron chi connectivity index (χ1n) is 7.83. The standard InChI is InChI=1S/C19H15ClN4O2/c20-14-4-3-6-15(11-14)24-18(25)13-7-9-22-17(10-13)19(26)23-12-16-5-1-2-8-21-16/h1-11H,12H2,(H,23,26)(H,24,25). The third-order valence-corrected chi connectivity index (χ3v) is 3.73. The average molecular weight is 367 g/mol. The lowest BCUT2D eigenvalue weighted by molar-refractivity contribution is 0.0945. The van der Waals surface area contributed by atoms with E-state index in [9.17, 15) is 9.59 Å². The molecular formula is C19H15ClN4O2. The predicted octanol–water partition coefficient (Wildman–Crippen LogP) is 3.31. The monoisotopic (exact) mass is 366 g/mol. The van der Waals surface area contributed by atoms with Gasteiger partial charge in [-0.2, -0.15) is 0 Å². The lowest BCUT2D eigenvalue weighted by atomic mass is 10.2. The van der Waals surface area contributed by atoms with Crippen LogP contribution in [0, 0.1) is 0 Å². The largest absolute Gasteiger partial charge is 0.345 e. The van der Waals surface area contributed by atoms with Crippen LogP contribution in [0.15, 0.2) is 67.0 Å². The molecule has 0 aliphatic carbocycles. The van der Waals surface area contributed by atoms with Gasteiger partial charge in [0.25, 0.3) is 11.8 Å². The van der Waals surface area contributed by atoms with E-state index in [0.717, 1.165) is 5.69 Å². The number of hydrogen-bond donors (Lipinski definition) is 2. The van der Waals surface area contributed by atoms with E-state index in [0.29, 0.717) is 16.3 Å². The maximum absolute atomic E-state index is 12.4. The fourth-order valence-electron chi connectivity index (χ4n) is 2.23. The van der Waals surface area contributed by atoms with E-state index in [1.807, 2.05) is 12.1 Å². The highest BCUT2D eigenvalue weighted by Gasteiger charge is 2.12. The van der Waals surface area contributed by atoms with Gasteiger partial charge in [-0.1, -0.05) is 23.7 Å². The van der Waals surface area contributed by atoms with Gasteiger partial charge in [-0.3, -0.25) is 19.6 Å². The van der Waals surface area contributed by atoms with Crippen molar-refractivity contribution in [3.63, 3.8) is 0 Å². The van der Waals surface area contributed by atoms with Crippen molar-refractivity contribution in [3.05, 3.63) is 89.0 Å². The Kier molecular flexibility index (Phi) is 5.56. The third-order valence-electron chi connectivity index (χ3n) is 3.49. The molecule has 3 aromatic rings. The molecule has 7 heteroatoms. The van der Waals surface area contributed by atoms with E-state index in [1.165, 1.54) is 18.3 Å². The third kappa shape index (κ3) is 4.64. The molecule has 3 rings (SSSR count). The molecule has 1 aromatic carbocycles. The molecule has 26 heavy (non-hydrogen) atoms. The molecule has 2 amide bonds. The van der Waals surface area contributed by atoms with Crippen molar-refractivity contribution < 1.29 is 9.59 Å². The van der Waals surface area contributed by atoms with Crippen LogP contribution in [-0.4, -0.2) is 21.8 Å². The van der Waals surface area contributed by atoms with E-state index < -0.39 is 0 Å². The fourth-order valence-corrected chi connectivity index (χ4v) is 2.42. The number of nitrogens with zero attached hydrogens (tertiary/aromatic N) is 2. The van der Waals surface area contributed by atoms with Crippen LogP contribution in [0.3, 0.4) is 0 Å². The lowest BCUT2D eigenvalue weighted by Crippen LogP contribution is -2.24. The van der Waals surface area contributed by atoms with Crippen LogP contribution in [0.1, 0.15) is 26.5 Å². The van der Waals surface area contributed by atoms with Crippen molar-refractivity contribution in [2.75, 3.05) is 5.32 Å². The van der Waals surface area contributed by atoms with E-state index in [-0.39, 0.29) is 24.1 Å². The number of rotatable bonds is 5. The highest BCUT2D eigenvalue weighted by atomic mass is 35.5. The number of carbonyl (C=O) groups is 2. The smallest absolute Gasteiger partial charge is 0.270 e. The van der Waals surface area contributed by atoms with Gasteiger partial charge >= 0.3 is 0 Å². The molecule has 0 radical (unpaired) electrons. The van der Waals surface area contributed by atoms with Gasteiger partial charge in [0.1, 0.15) is 5.69 Å². The second-order valence-electron chi connectivity index (χ2n) is 5.40. The van der Waals surface area contributed by atoms with Crippen molar-refractivity contribution in [1.82, 2.24) is 15.3 Å². The molecule has 0 saturated heterocycles. The van der Waals surface area contributed by atoms with Gasteiger partial charge in [-0.15, -0.1) is 0 Å². The summed E-state index contributed by atoms with van der Waals surface area (Å²) in [5.74, 6) is -0.735. The van der Waals surface area contributed by atoms with Crippen molar-refractivity contribution in [2.24, 2.45) is 0 Å². The maximum atomic E-state index is 12.4. The first-order valence-corrected chi connectivity index (χ1v) is 8.21. The van der Waals surface area contributed by atoms with Crippen molar-refractivity contribution in [1.29, 1.82) is 0 Å². The van der Waals surface area contributed by atoms with Crippen LogP contribution < -0.4 is 10.6 Å². The molecule has 2 N–H and O–H groups in total. The molecule has 0 bridgehead atoms. The van der Waals surface area contributed by atoms with Crippen LogP contribution in [0.4, 0.5) is 5.69 Å². The van der Waals surface area contributed by atoms with Gasteiger partial charge in [0.2, 0.25) is 0 Å². The Morgan fingerprint density at radius 1 is 0.923 bits per heavy atom. The van der Waals surface area contributed by atoms with Gasteiger partial charge in [0.15, 0.2) is 0 Å². The number of pyridine rings is 2. The maximum Gasteiger partial charge on any atom is 0.270 e. The zero-order valence-electron chi connectivity index (χ0n) is 13.6. The van der Waals surface area contributed by atoms with Crippen molar-refractivity contribution >= 4 is 29.1 Å². The molecule has 0 fully saturated rings. The number of nitrogens with one attached hydrogen (secondary N) is 2. The molecule has 6 nitrogen and oxygen atoms in total. The van der Waals surface area contributed by atoms with Gasteiger partial charge in [-0.25, -0.2) is 0 Å². The summed E-state index contributed by atoms with van der Waals surface area (Å²) in [6, 6.07) is 15.2. The van der Waals surface area contributed by atoms with Crippen LogP contribution in [-0.2, 0) is 6.54 Å². The van der Waals surface area contributed by atoms with Crippen molar-refractivity contribution in [2.45, 2.75) is 6.54 Å². The molecule has 0 spiro atoms. The quantitative estimate of drug-likeness (QED) is 0.725. The summed E-state index contributed by atoms with van der Waals surface area (Å²) in [5.41, 5.74) is 1.78. The summed E-state index contributed by atoms with van der Waals surface area (Å²) in [6.45, 7) is 0.278.